The Morgan fingerprint density at radius 1 is 0.833 bits per heavy atom. The van der Waals surface area contributed by atoms with Crippen LogP contribution in [0.15, 0.2) is 66.7 Å². The van der Waals surface area contributed by atoms with E-state index in [9.17, 15) is 9.59 Å². The van der Waals surface area contributed by atoms with E-state index in [1.807, 2.05) is 0 Å². The fourth-order valence-corrected chi connectivity index (χ4v) is 2.87. The van der Waals surface area contributed by atoms with Gasteiger partial charge in [0.25, 0.3) is 11.8 Å². The molecule has 0 saturated heterocycles. The maximum absolute atomic E-state index is 12.3. The van der Waals surface area contributed by atoms with Crippen LogP contribution in [0.4, 0.5) is 0 Å². The van der Waals surface area contributed by atoms with Crippen molar-refractivity contribution in [3.05, 3.63) is 88.4 Å². The van der Waals surface area contributed by atoms with Crippen LogP contribution in [-0.4, -0.2) is 18.6 Å². The maximum atomic E-state index is 12.3. The molecule has 0 radical (unpaired) electrons. The molecular weight excluding hydrogens is 408 g/mol. The number of rotatable bonds is 5. The van der Waals surface area contributed by atoms with Gasteiger partial charge in [-0.3, -0.25) is 20.4 Å². The van der Waals surface area contributed by atoms with Gasteiger partial charge in [-0.05, 0) is 60.2 Å². The van der Waals surface area contributed by atoms with Gasteiger partial charge in [0.2, 0.25) is 6.79 Å². The molecule has 0 aliphatic carbocycles. The minimum Gasteiger partial charge on any atom is -0.489 e. The Morgan fingerprint density at radius 2 is 1.47 bits per heavy atom. The van der Waals surface area contributed by atoms with Crippen LogP contribution in [0.5, 0.6) is 17.2 Å². The molecule has 4 rings (SSSR count). The predicted molar refractivity (Wildman–Crippen MR) is 110 cm³/mol. The molecule has 0 unspecified atom stereocenters. The number of hydrogen-bond donors (Lipinski definition) is 2. The van der Waals surface area contributed by atoms with Crippen molar-refractivity contribution in [3.8, 4) is 17.2 Å². The molecule has 0 atom stereocenters. The van der Waals surface area contributed by atoms with Crippen molar-refractivity contribution >= 4 is 23.4 Å². The third kappa shape index (κ3) is 4.64. The number of fused-ring (bicyclic) bond motifs is 1. The molecule has 1 heterocycles. The number of amides is 2. The number of carbonyl (C=O) groups is 2. The highest BCUT2D eigenvalue weighted by molar-refractivity contribution is 6.30. The van der Waals surface area contributed by atoms with Gasteiger partial charge in [0, 0.05) is 16.1 Å². The first-order chi connectivity index (χ1) is 14.6. The summed E-state index contributed by atoms with van der Waals surface area (Å²) < 4.78 is 16.1. The summed E-state index contributed by atoms with van der Waals surface area (Å²) in [5.74, 6) is 0.873. The zero-order valence-electron chi connectivity index (χ0n) is 15.7. The van der Waals surface area contributed by atoms with Crippen LogP contribution >= 0.6 is 11.6 Å². The zero-order chi connectivity index (χ0) is 20.9. The topological polar surface area (TPSA) is 85.9 Å². The first-order valence-electron chi connectivity index (χ1n) is 9.06. The second-order valence-electron chi connectivity index (χ2n) is 6.42. The fraction of sp³-hybridized carbons (Fsp3) is 0.0909. The number of carbonyl (C=O) groups excluding carboxylic acids is 2. The van der Waals surface area contributed by atoms with Crippen molar-refractivity contribution in [2.75, 3.05) is 6.79 Å². The largest absolute Gasteiger partial charge is 0.489 e. The molecule has 1 aliphatic heterocycles. The van der Waals surface area contributed by atoms with Gasteiger partial charge in [-0.25, -0.2) is 0 Å². The SMILES string of the molecule is O=C(NNC(=O)c1ccc2c(c1)OCO2)c1ccc(COc2ccc(Cl)cc2)cc1. The lowest BCUT2D eigenvalue weighted by atomic mass is 10.1. The molecule has 152 valence electrons. The van der Waals surface area contributed by atoms with Crippen LogP contribution in [0.1, 0.15) is 26.3 Å². The Kier molecular flexibility index (Phi) is 5.72. The van der Waals surface area contributed by atoms with Crippen LogP contribution in [0.3, 0.4) is 0 Å². The summed E-state index contributed by atoms with van der Waals surface area (Å²) in [6, 6.07) is 18.7. The Labute approximate surface area is 177 Å². The van der Waals surface area contributed by atoms with Gasteiger partial charge in [0.05, 0.1) is 0 Å². The van der Waals surface area contributed by atoms with E-state index in [4.69, 9.17) is 25.8 Å². The average molecular weight is 425 g/mol. The first kappa shape index (κ1) is 19.6. The van der Waals surface area contributed by atoms with Gasteiger partial charge >= 0.3 is 0 Å². The summed E-state index contributed by atoms with van der Waals surface area (Å²) in [6.45, 7) is 0.474. The number of ether oxygens (including phenoxy) is 3. The van der Waals surface area contributed by atoms with Crippen molar-refractivity contribution in [1.82, 2.24) is 10.9 Å². The number of nitrogens with one attached hydrogen (secondary N) is 2. The van der Waals surface area contributed by atoms with Crippen LogP contribution < -0.4 is 25.1 Å². The molecule has 0 bridgehead atoms. The van der Waals surface area contributed by atoms with Crippen molar-refractivity contribution < 1.29 is 23.8 Å². The zero-order valence-corrected chi connectivity index (χ0v) is 16.4. The summed E-state index contributed by atoms with van der Waals surface area (Å²) in [4.78, 5) is 24.5. The van der Waals surface area contributed by atoms with E-state index >= 15 is 0 Å². The Balaban J connectivity index is 1.29. The number of benzene rings is 3. The van der Waals surface area contributed by atoms with E-state index in [-0.39, 0.29) is 6.79 Å². The molecule has 2 amide bonds. The van der Waals surface area contributed by atoms with Crippen molar-refractivity contribution in [3.63, 3.8) is 0 Å². The summed E-state index contributed by atoms with van der Waals surface area (Å²) in [5, 5.41) is 0.642. The standard InChI is InChI=1S/C22H17ClN2O5/c23-17-6-8-18(9-7-17)28-12-14-1-3-15(4-2-14)21(26)24-25-22(27)16-5-10-19-20(11-16)30-13-29-19/h1-11H,12-13H2,(H,24,26)(H,25,27). The van der Waals surface area contributed by atoms with Gasteiger partial charge in [0.15, 0.2) is 11.5 Å². The summed E-state index contributed by atoms with van der Waals surface area (Å²) in [6.07, 6.45) is 0. The molecule has 7 nitrogen and oxygen atoms in total. The summed E-state index contributed by atoms with van der Waals surface area (Å²) >= 11 is 5.85. The van der Waals surface area contributed by atoms with Crippen molar-refractivity contribution in [1.29, 1.82) is 0 Å². The van der Waals surface area contributed by atoms with Crippen LogP contribution in [0.25, 0.3) is 0 Å². The Morgan fingerprint density at radius 3 is 2.20 bits per heavy atom. The second kappa shape index (κ2) is 8.75. The van der Waals surface area contributed by atoms with Crippen LogP contribution in [0.2, 0.25) is 5.02 Å². The fourth-order valence-electron chi connectivity index (χ4n) is 2.75. The molecule has 8 heteroatoms. The highest BCUT2D eigenvalue weighted by Gasteiger charge is 2.16. The van der Waals surface area contributed by atoms with Gasteiger partial charge in [-0.1, -0.05) is 23.7 Å². The van der Waals surface area contributed by atoms with Gasteiger partial charge in [-0.2, -0.15) is 0 Å². The van der Waals surface area contributed by atoms with Gasteiger partial charge in [-0.15, -0.1) is 0 Å². The molecule has 30 heavy (non-hydrogen) atoms. The van der Waals surface area contributed by atoms with Crippen LogP contribution in [0, 0.1) is 0 Å². The van der Waals surface area contributed by atoms with Crippen molar-refractivity contribution in [2.24, 2.45) is 0 Å². The van der Waals surface area contributed by atoms with Crippen molar-refractivity contribution in [2.45, 2.75) is 6.61 Å². The summed E-state index contributed by atoms with van der Waals surface area (Å²) in [7, 11) is 0. The molecule has 1 aliphatic rings. The second-order valence-corrected chi connectivity index (χ2v) is 6.85. The van der Waals surface area contributed by atoms with E-state index in [0.717, 1.165) is 5.56 Å². The third-order valence-electron chi connectivity index (χ3n) is 4.36. The summed E-state index contributed by atoms with van der Waals surface area (Å²) in [5.41, 5.74) is 6.41. The molecule has 3 aromatic rings. The molecule has 2 N–H and O–H groups in total. The van der Waals surface area contributed by atoms with Crippen LogP contribution in [-0.2, 0) is 6.61 Å². The lowest BCUT2D eigenvalue weighted by molar-refractivity contribution is 0.0846. The molecular formula is C22H17ClN2O5. The van der Waals surface area contributed by atoms with E-state index in [1.54, 1.807) is 66.7 Å². The van der Waals surface area contributed by atoms with E-state index in [1.165, 1.54) is 0 Å². The molecule has 0 aromatic heterocycles. The van der Waals surface area contributed by atoms with E-state index in [2.05, 4.69) is 10.9 Å². The first-order valence-corrected chi connectivity index (χ1v) is 9.44. The molecule has 3 aromatic carbocycles. The maximum Gasteiger partial charge on any atom is 0.269 e. The molecule has 0 saturated carbocycles. The highest BCUT2D eigenvalue weighted by Crippen LogP contribution is 2.32. The van der Waals surface area contributed by atoms with E-state index in [0.29, 0.717) is 40.0 Å². The molecule has 0 fully saturated rings. The van der Waals surface area contributed by atoms with Gasteiger partial charge in [0.1, 0.15) is 12.4 Å². The quantitative estimate of drug-likeness (QED) is 0.610. The third-order valence-corrected chi connectivity index (χ3v) is 4.61. The normalized spacial score (nSPS) is 11.6. The minimum absolute atomic E-state index is 0.123. The number of halogens is 1. The Bertz CT molecular complexity index is 1070. The molecule has 0 spiro atoms. The highest BCUT2D eigenvalue weighted by atomic mass is 35.5. The Hall–Kier alpha value is -3.71. The lowest BCUT2D eigenvalue weighted by Gasteiger charge is -2.09. The van der Waals surface area contributed by atoms with Gasteiger partial charge < -0.3 is 14.2 Å². The number of hydrogen-bond acceptors (Lipinski definition) is 5. The average Bonchev–Trinajstić information content (AvgIpc) is 3.25. The van der Waals surface area contributed by atoms with E-state index < -0.39 is 11.8 Å². The number of hydrazine groups is 1. The monoisotopic (exact) mass is 424 g/mol. The predicted octanol–water partition coefficient (Wildman–Crippen LogP) is 3.72. The lowest BCUT2D eigenvalue weighted by Crippen LogP contribution is -2.41. The smallest absolute Gasteiger partial charge is 0.269 e. The minimum atomic E-state index is -0.463.